The van der Waals surface area contributed by atoms with Gasteiger partial charge in [-0.3, -0.25) is 9.69 Å². The van der Waals surface area contributed by atoms with Crippen LogP contribution in [0.2, 0.25) is 0 Å². The minimum absolute atomic E-state index is 0.124. The van der Waals surface area contributed by atoms with Crippen LogP contribution < -0.4 is 0 Å². The molecule has 0 atom stereocenters. The number of fused-ring (bicyclic) bond motifs is 1. The number of ether oxygens (including phenoxy) is 1. The van der Waals surface area contributed by atoms with Gasteiger partial charge in [-0.15, -0.1) is 0 Å². The average Bonchev–Trinajstić information content (AvgIpc) is 2.53. The number of hydrogen-bond acceptors (Lipinski definition) is 4. The summed E-state index contributed by atoms with van der Waals surface area (Å²) >= 11 is 1.27. The third-order valence-corrected chi connectivity index (χ3v) is 4.23. The molecule has 22 heavy (non-hydrogen) atoms. The maximum Gasteiger partial charge on any atom is 0.219 e. The van der Waals surface area contributed by atoms with E-state index in [1.165, 1.54) is 17.1 Å². The van der Waals surface area contributed by atoms with Crippen molar-refractivity contribution in [3.8, 4) is 0 Å². The van der Waals surface area contributed by atoms with Crippen LogP contribution in [-0.4, -0.2) is 43.1 Å². The van der Waals surface area contributed by atoms with E-state index in [2.05, 4.69) is 30.1 Å². The van der Waals surface area contributed by atoms with E-state index in [1.807, 2.05) is 31.4 Å². The van der Waals surface area contributed by atoms with Crippen molar-refractivity contribution in [2.24, 2.45) is 0 Å². The van der Waals surface area contributed by atoms with Crippen LogP contribution in [0.1, 0.15) is 22.8 Å². The molecule has 2 aromatic rings. The molecule has 3 nitrogen and oxygen atoms in total. The molecule has 0 saturated carbocycles. The Balaban J connectivity index is 2.27. The van der Waals surface area contributed by atoms with Crippen molar-refractivity contribution in [2.75, 3.05) is 33.1 Å². The molecule has 0 unspecified atom stereocenters. The van der Waals surface area contributed by atoms with Gasteiger partial charge in [-0.2, -0.15) is 0 Å². The van der Waals surface area contributed by atoms with Crippen LogP contribution in [0.25, 0.3) is 10.8 Å². The highest BCUT2D eigenvalue weighted by molar-refractivity contribution is 8.13. The molecule has 0 radical (unpaired) electrons. The molecule has 0 bridgehead atoms. The van der Waals surface area contributed by atoms with Crippen LogP contribution in [0.5, 0.6) is 0 Å². The highest BCUT2D eigenvalue weighted by Gasteiger charge is 2.13. The van der Waals surface area contributed by atoms with Gasteiger partial charge in [-0.1, -0.05) is 36.0 Å². The van der Waals surface area contributed by atoms with Gasteiger partial charge < -0.3 is 4.74 Å². The van der Waals surface area contributed by atoms with Gasteiger partial charge in [0, 0.05) is 25.3 Å². The van der Waals surface area contributed by atoms with E-state index in [0.29, 0.717) is 6.61 Å². The SMILES string of the molecule is CCOCCN(C)Cc1cc2ccccc2cc1C(=O)SC. The van der Waals surface area contributed by atoms with E-state index in [4.69, 9.17) is 4.74 Å². The molecule has 0 aromatic heterocycles. The molecule has 0 heterocycles. The fraction of sp³-hybridized carbons (Fsp3) is 0.389. The molecule has 4 heteroatoms. The second-order valence-corrected chi connectivity index (χ2v) is 6.06. The zero-order valence-electron chi connectivity index (χ0n) is 13.5. The van der Waals surface area contributed by atoms with Gasteiger partial charge >= 0.3 is 0 Å². The first-order valence-electron chi connectivity index (χ1n) is 7.52. The van der Waals surface area contributed by atoms with Crippen molar-refractivity contribution < 1.29 is 9.53 Å². The van der Waals surface area contributed by atoms with Crippen molar-refractivity contribution in [1.82, 2.24) is 4.90 Å². The summed E-state index contributed by atoms with van der Waals surface area (Å²) in [7, 11) is 2.06. The van der Waals surface area contributed by atoms with Crippen molar-refractivity contribution >= 4 is 27.6 Å². The molecular weight excluding hydrogens is 294 g/mol. The van der Waals surface area contributed by atoms with Crippen LogP contribution in [0, 0.1) is 0 Å². The summed E-state index contributed by atoms with van der Waals surface area (Å²) in [6.45, 7) is 5.05. The Morgan fingerprint density at radius 3 is 2.55 bits per heavy atom. The Hall–Kier alpha value is -1.36. The third kappa shape index (κ3) is 4.32. The molecule has 0 saturated heterocycles. The lowest BCUT2D eigenvalue weighted by molar-refractivity contribution is 0.108. The number of benzene rings is 2. The summed E-state index contributed by atoms with van der Waals surface area (Å²) in [5.41, 5.74) is 1.89. The monoisotopic (exact) mass is 317 g/mol. The van der Waals surface area contributed by atoms with Gasteiger partial charge in [0.05, 0.1) is 6.61 Å². The van der Waals surface area contributed by atoms with Gasteiger partial charge in [0.25, 0.3) is 0 Å². The number of likely N-dealkylation sites (N-methyl/N-ethyl adjacent to an activating group) is 1. The average molecular weight is 317 g/mol. The number of nitrogens with zero attached hydrogens (tertiary/aromatic N) is 1. The lowest BCUT2D eigenvalue weighted by Crippen LogP contribution is -2.23. The Bertz CT molecular complexity index is 642. The molecule has 0 fully saturated rings. The molecule has 0 N–H and O–H groups in total. The van der Waals surface area contributed by atoms with Gasteiger partial charge in [0.15, 0.2) is 0 Å². The number of hydrogen-bond donors (Lipinski definition) is 0. The van der Waals surface area contributed by atoms with Crippen LogP contribution in [0.4, 0.5) is 0 Å². The van der Waals surface area contributed by atoms with E-state index >= 15 is 0 Å². The Morgan fingerprint density at radius 1 is 1.23 bits per heavy atom. The van der Waals surface area contributed by atoms with Crippen molar-refractivity contribution in [1.29, 1.82) is 0 Å². The first-order chi connectivity index (χ1) is 10.7. The molecule has 2 aromatic carbocycles. The summed E-state index contributed by atoms with van der Waals surface area (Å²) in [6.07, 6.45) is 1.83. The van der Waals surface area contributed by atoms with Gasteiger partial charge in [-0.05, 0) is 48.7 Å². The number of carbonyl (C=O) groups is 1. The fourth-order valence-corrected chi connectivity index (χ4v) is 2.86. The maximum absolute atomic E-state index is 12.2. The summed E-state index contributed by atoms with van der Waals surface area (Å²) in [4.78, 5) is 14.4. The van der Waals surface area contributed by atoms with Crippen LogP contribution in [-0.2, 0) is 11.3 Å². The molecule has 0 aliphatic rings. The van der Waals surface area contributed by atoms with E-state index in [0.717, 1.165) is 36.2 Å². The first kappa shape index (κ1) is 17.0. The maximum atomic E-state index is 12.2. The molecule has 0 amide bonds. The van der Waals surface area contributed by atoms with E-state index in [-0.39, 0.29) is 5.12 Å². The summed E-state index contributed by atoms with van der Waals surface area (Å²) < 4.78 is 5.40. The highest BCUT2D eigenvalue weighted by atomic mass is 32.2. The minimum Gasteiger partial charge on any atom is -0.380 e. The van der Waals surface area contributed by atoms with Crippen LogP contribution >= 0.6 is 11.8 Å². The number of thioether (sulfide) groups is 1. The third-order valence-electron chi connectivity index (χ3n) is 3.64. The first-order valence-corrected chi connectivity index (χ1v) is 8.74. The smallest absolute Gasteiger partial charge is 0.219 e. The second-order valence-electron chi connectivity index (χ2n) is 5.28. The zero-order valence-corrected chi connectivity index (χ0v) is 14.3. The van der Waals surface area contributed by atoms with Gasteiger partial charge in [0.1, 0.15) is 0 Å². The van der Waals surface area contributed by atoms with E-state index in [1.54, 1.807) is 0 Å². The van der Waals surface area contributed by atoms with Crippen LogP contribution in [0.3, 0.4) is 0 Å². The molecule has 2 rings (SSSR count). The minimum atomic E-state index is 0.124. The predicted octanol–water partition coefficient (Wildman–Crippen LogP) is 3.81. The molecule has 0 aliphatic carbocycles. The highest BCUT2D eigenvalue weighted by Crippen LogP contribution is 2.24. The fourth-order valence-electron chi connectivity index (χ4n) is 2.45. The quantitative estimate of drug-likeness (QED) is 0.726. The lowest BCUT2D eigenvalue weighted by Gasteiger charge is -2.19. The van der Waals surface area contributed by atoms with E-state index in [9.17, 15) is 4.79 Å². The number of carbonyl (C=O) groups excluding carboxylic acids is 1. The normalized spacial score (nSPS) is 11.3. The Labute approximate surface area is 136 Å². The zero-order chi connectivity index (χ0) is 15.9. The summed E-state index contributed by atoms with van der Waals surface area (Å²) in [5, 5.41) is 2.41. The molecular formula is C18H23NO2S. The van der Waals surface area contributed by atoms with Crippen molar-refractivity contribution in [3.63, 3.8) is 0 Å². The van der Waals surface area contributed by atoms with Crippen LogP contribution in [0.15, 0.2) is 36.4 Å². The Kier molecular flexibility index (Phi) is 6.43. The summed E-state index contributed by atoms with van der Waals surface area (Å²) in [6, 6.07) is 12.3. The van der Waals surface area contributed by atoms with Crippen molar-refractivity contribution in [2.45, 2.75) is 13.5 Å². The molecule has 118 valence electrons. The van der Waals surface area contributed by atoms with Gasteiger partial charge in [-0.25, -0.2) is 0 Å². The number of rotatable bonds is 7. The standard InChI is InChI=1S/C18H23NO2S/c1-4-21-10-9-19(2)13-16-11-14-7-5-6-8-15(14)12-17(16)18(20)22-3/h5-8,11-12H,4,9-10,13H2,1-3H3. The Morgan fingerprint density at radius 2 is 1.91 bits per heavy atom. The second kappa shape index (κ2) is 8.32. The molecule has 0 aliphatic heterocycles. The van der Waals surface area contributed by atoms with Gasteiger partial charge in [0.2, 0.25) is 5.12 Å². The topological polar surface area (TPSA) is 29.5 Å². The van der Waals surface area contributed by atoms with Crippen molar-refractivity contribution in [3.05, 3.63) is 47.5 Å². The summed E-state index contributed by atoms with van der Waals surface area (Å²) in [5.74, 6) is 0. The largest absolute Gasteiger partial charge is 0.380 e. The lowest BCUT2D eigenvalue weighted by atomic mass is 10.0. The van der Waals surface area contributed by atoms with E-state index < -0.39 is 0 Å². The predicted molar refractivity (Wildman–Crippen MR) is 94.6 cm³/mol. The molecule has 0 spiro atoms.